The van der Waals surface area contributed by atoms with Gasteiger partial charge in [-0.15, -0.1) is 5.10 Å². The van der Waals surface area contributed by atoms with Crippen molar-refractivity contribution in [1.82, 2.24) is 10.2 Å². The summed E-state index contributed by atoms with van der Waals surface area (Å²) in [5, 5.41) is 10.7. The van der Waals surface area contributed by atoms with Crippen LogP contribution in [0, 0.1) is 20.8 Å². The van der Waals surface area contributed by atoms with Crippen LogP contribution in [-0.2, 0) is 11.2 Å². The van der Waals surface area contributed by atoms with Gasteiger partial charge in [0.15, 0.2) is 5.82 Å². The lowest BCUT2D eigenvalue weighted by Crippen LogP contribution is -2.16. The van der Waals surface area contributed by atoms with E-state index in [0.717, 1.165) is 28.1 Å². The molecule has 0 atom stereocenters. The number of aryl methyl sites for hydroxylation is 3. The highest BCUT2D eigenvalue weighted by Crippen LogP contribution is 2.19. The third-order valence-corrected chi connectivity index (χ3v) is 3.34. The molecule has 0 saturated heterocycles. The Morgan fingerprint density at radius 3 is 2.57 bits per heavy atom. The van der Waals surface area contributed by atoms with Crippen LogP contribution in [0.5, 0.6) is 5.75 Å². The van der Waals surface area contributed by atoms with Crippen LogP contribution < -0.4 is 10.1 Å². The molecule has 0 spiro atoms. The molecule has 0 fully saturated rings. The summed E-state index contributed by atoms with van der Waals surface area (Å²) in [4.78, 5) is 12.0. The number of carbonyl (C=O) groups excluding carboxylic acids is 1. The number of nitrogens with zero attached hydrogens (tertiary/aromatic N) is 2. The first kappa shape index (κ1) is 15.0. The lowest BCUT2D eigenvalue weighted by molar-refractivity contribution is -0.115. The molecule has 0 saturated carbocycles. The van der Waals surface area contributed by atoms with Gasteiger partial charge in [0.25, 0.3) is 0 Å². The van der Waals surface area contributed by atoms with E-state index in [-0.39, 0.29) is 12.3 Å². The average Bonchev–Trinajstić information content (AvgIpc) is 2.45. The van der Waals surface area contributed by atoms with Crippen LogP contribution in [0.15, 0.2) is 24.3 Å². The maximum Gasteiger partial charge on any atom is 0.229 e. The Balaban J connectivity index is 2.06. The molecule has 1 aromatic heterocycles. The number of benzene rings is 1. The topological polar surface area (TPSA) is 64.1 Å². The maximum atomic E-state index is 12.0. The van der Waals surface area contributed by atoms with Gasteiger partial charge in [-0.3, -0.25) is 4.79 Å². The fourth-order valence-corrected chi connectivity index (χ4v) is 1.95. The van der Waals surface area contributed by atoms with Gasteiger partial charge in [0.2, 0.25) is 5.91 Å². The van der Waals surface area contributed by atoms with Crippen LogP contribution in [0.1, 0.15) is 22.4 Å². The van der Waals surface area contributed by atoms with Gasteiger partial charge in [-0.25, -0.2) is 0 Å². The molecule has 5 heteroatoms. The summed E-state index contributed by atoms with van der Waals surface area (Å²) >= 11 is 0. The van der Waals surface area contributed by atoms with E-state index in [1.54, 1.807) is 7.11 Å². The van der Waals surface area contributed by atoms with Crippen molar-refractivity contribution in [3.8, 4) is 5.75 Å². The van der Waals surface area contributed by atoms with Gasteiger partial charge in [-0.1, -0.05) is 12.1 Å². The molecule has 1 heterocycles. The predicted octanol–water partition coefficient (Wildman–Crippen LogP) is 2.59. The lowest BCUT2D eigenvalue weighted by atomic mass is 10.1. The molecule has 5 nitrogen and oxygen atoms in total. The van der Waals surface area contributed by atoms with Gasteiger partial charge in [-0.05, 0) is 49.6 Å². The number of ether oxygens (including phenoxy) is 1. The average molecular weight is 285 g/mol. The van der Waals surface area contributed by atoms with Crippen molar-refractivity contribution in [3.05, 3.63) is 46.6 Å². The van der Waals surface area contributed by atoms with Gasteiger partial charge in [0.1, 0.15) is 5.75 Å². The molecule has 0 bridgehead atoms. The number of rotatable bonds is 4. The largest absolute Gasteiger partial charge is 0.496 e. The minimum atomic E-state index is -0.126. The van der Waals surface area contributed by atoms with Crippen molar-refractivity contribution in [2.75, 3.05) is 12.4 Å². The summed E-state index contributed by atoms with van der Waals surface area (Å²) in [7, 11) is 1.62. The number of hydrogen-bond donors (Lipinski definition) is 1. The molecule has 0 aliphatic rings. The van der Waals surface area contributed by atoms with E-state index >= 15 is 0 Å². The van der Waals surface area contributed by atoms with Crippen molar-refractivity contribution in [1.29, 1.82) is 0 Å². The molecular formula is C16H19N3O2. The number of methoxy groups -OCH3 is 1. The SMILES string of the molecule is COc1cc(CC(=O)Nc2cc(C)c(C)nn2)ccc1C. The Hall–Kier alpha value is -2.43. The van der Waals surface area contributed by atoms with Crippen LogP contribution in [0.25, 0.3) is 0 Å². The van der Waals surface area contributed by atoms with Crippen molar-refractivity contribution < 1.29 is 9.53 Å². The molecule has 2 aromatic rings. The molecule has 110 valence electrons. The monoisotopic (exact) mass is 285 g/mol. The zero-order valence-electron chi connectivity index (χ0n) is 12.7. The smallest absolute Gasteiger partial charge is 0.229 e. The predicted molar refractivity (Wildman–Crippen MR) is 81.6 cm³/mol. The zero-order chi connectivity index (χ0) is 15.4. The van der Waals surface area contributed by atoms with E-state index in [4.69, 9.17) is 4.74 Å². The van der Waals surface area contributed by atoms with Gasteiger partial charge >= 0.3 is 0 Å². The van der Waals surface area contributed by atoms with Crippen molar-refractivity contribution >= 4 is 11.7 Å². The summed E-state index contributed by atoms with van der Waals surface area (Å²) < 4.78 is 5.26. The molecule has 0 aliphatic heterocycles. The summed E-state index contributed by atoms with van der Waals surface area (Å²) in [6, 6.07) is 7.55. The number of carbonyl (C=O) groups is 1. The molecule has 21 heavy (non-hydrogen) atoms. The minimum absolute atomic E-state index is 0.126. The van der Waals surface area contributed by atoms with Crippen molar-refractivity contribution in [2.45, 2.75) is 27.2 Å². The van der Waals surface area contributed by atoms with E-state index in [1.165, 1.54) is 0 Å². The Bertz CT molecular complexity index is 669. The minimum Gasteiger partial charge on any atom is -0.496 e. The number of aromatic nitrogens is 2. The fraction of sp³-hybridized carbons (Fsp3) is 0.312. The van der Waals surface area contributed by atoms with Crippen molar-refractivity contribution in [3.63, 3.8) is 0 Å². The number of hydrogen-bond acceptors (Lipinski definition) is 4. The molecule has 2 rings (SSSR count). The van der Waals surface area contributed by atoms with E-state index in [9.17, 15) is 4.79 Å². The molecule has 1 aromatic carbocycles. The Labute approximate surface area is 124 Å². The fourth-order valence-electron chi connectivity index (χ4n) is 1.95. The molecule has 0 unspecified atom stereocenters. The number of nitrogens with one attached hydrogen (secondary N) is 1. The van der Waals surface area contributed by atoms with Crippen LogP contribution in [-0.4, -0.2) is 23.2 Å². The van der Waals surface area contributed by atoms with Gasteiger partial charge in [0, 0.05) is 0 Å². The molecule has 1 amide bonds. The highest BCUT2D eigenvalue weighted by molar-refractivity contribution is 5.91. The van der Waals surface area contributed by atoms with E-state index in [0.29, 0.717) is 5.82 Å². The second-order valence-electron chi connectivity index (χ2n) is 5.03. The summed E-state index contributed by atoms with van der Waals surface area (Å²) in [6.45, 7) is 5.78. The highest BCUT2D eigenvalue weighted by Gasteiger charge is 2.08. The first-order valence-corrected chi connectivity index (χ1v) is 6.74. The standard InChI is InChI=1S/C16H19N3O2/c1-10-5-6-13(8-14(10)21-4)9-16(20)17-15-7-11(2)12(3)18-19-15/h5-8H,9H2,1-4H3,(H,17,19,20). The second-order valence-corrected chi connectivity index (χ2v) is 5.03. The zero-order valence-corrected chi connectivity index (χ0v) is 12.7. The second kappa shape index (κ2) is 6.35. The molecular weight excluding hydrogens is 266 g/mol. The quantitative estimate of drug-likeness (QED) is 0.937. The first-order chi connectivity index (χ1) is 9.99. The van der Waals surface area contributed by atoms with Crippen LogP contribution in [0.4, 0.5) is 5.82 Å². The van der Waals surface area contributed by atoms with Crippen LogP contribution >= 0.6 is 0 Å². The van der Waals surface area contributed by atoms with Gasteiger partial charge in [-0.2, -0.15) is 5.10 Å². The Morgan fingerprint density at radius 1 is 1.14 bits per heavy atom. The Morgan fingerprint density at radius 2 is 1.90 bits per heavy atom. The molecule has 0 radical (unpaired) electrons. The van der Waals surface area contributed by atoms with Gasteiger partial charge < -0.3 is 10.1 Å². The van der Waals surface area contributed by atoms with Gasteiger partial charge in [0.05, 0.1) is 19.2 Å². The van der Waals surface area contributed by atoms with Crippen LogP contribution in [0.3, 0.4) is 0 Å². The molecule has 0 aliphatic carbocycles. The third kappa shape index (κ3) is 3.78. The van der Waals surface area contributed by atoms with E-state index < -0.39 is 0 Å². The first-order valence-electron chi connectivity index (χ1n) is 6.74. The normalized spacial score (nSPS) is 10.3. The van der Waals surface area contributed by atoms with Crippen LogP contribution in [0.2, 0.25) is 0 Å². The Kier molecular flexibility index (Phi) is 4.52. The van der Waals surface area contributed by atoms with E-state index in [2.05, 4.69) is 15.5 Å². The third-order valence-electron chi connectivity index (χ3n) is 3.34. The molecule has 1 N–H and O–H groups in total. The number of anilines is 1. The maximum absolute atomic E-state index is 12.0. The highest BCUT2D eigenvalue weighted by atomic mass is 16.5. The summed E-state index contributed by atoms with van der Waals surface area (Å²) in [6.07, 6.45) is 0.269. The van der Waals surface area contributed by atoms with E-state index in [1.807, 2.05) is 45.0 Å². The van der Waals surface area contributed by atoms with Crippen molar-refractivity contribution in [2.24, 2.45) is 0 Å². The summed E-state index contributed by atoms with van der Waals surface area (Å²) in [5.41, 5.74) is 3.79. The number of amides is 1. The summed E-state index contributed by atoms with van der Waals surface area (Å²) in [5.74, 6) is 1.13. The lowest BCUT2D eigenvalue weighted by Gasteiger charge is -2.08.